The summed E-state index contributed by atoms with van der Waals surface area (Å²) in [6.45, 7) is 4.01. The second kappa shape index (κ2) is 9.24. The summed E-state index contributed by atoms with van der Waals surface area (Å²) in [7, 11) is 0. The summed E-state index contributed by atoms with van der Waals surface area (Å²) in [6, 6.07) is 7.91. The molecule has 0 spiro atoms. The largest absolute Gasteiger partial charge is 0.354 e. The number of benzene rings is 1. The van der Waals surface area contributed by atoms with Crippen molar-refractivity contribution in [2.24, 2.45) is 0 Å². The van der Waals surface area contributed by atoms with Crippen LogP contribution in [0.15, 0.2) is 30.3 Å². The van der Waals surface area contributed by atoms with E-state index in [4.69, 9.17) is 0 Å². The van der Waals surface area contributed by atoms with Crippen molar-refractivity contribution in [2.75, 3.05) is 13.1 Å². The molecule has 0 aliphatic carbocycles. The average Bonchev–Trinajstić information content (AvgIpc) is 3.05. The molecule has 2 aromatic rings. The van der Waals surface area contributed by atoms with E-state index < -0.39 is 11.7 Å². The number of halogens is 1. The molecule has 7 heteroatoms. The van der Waals surface area contributed by atoms with E-state index in [0.717, 1.165) is 4.88 Å². The number of aryl methyl sites for hydroxylation is 2. The summed E-state index contributed by atoms with van der Waals surface area (Å²) in [5, 5.41) is 5.25. The van der Waals surface area contributed by atoms with Crippen molar-refractivity contribution in [3.63, 3.8) is 0 Å². The van der Waals surface area contributed by atoms with Gasteiger partial charge in [0.05, 0.1) is 4.88 Å². The Kier molecular flexibility index (Phi) is 7.03. The van der Waals surface area contributed by atoms with Crippen molar-refractivity contribution in [2.45, 2.75) is 26.7 Å². The number of hydrogen-bond donors (Lipinski definition) is 2. The standard InChI is InChI=1S/C19H21FN2O3S/c1-12-3-5-14(11-15(12)20)19(25)22-10-9-21-18(24)8-6-16(23)17-7-4-13(2)26-17/h3-5,7,11H,6,8-10H2,1-2H3,(H,21,24)(H,22,25). The van der Waals surface area contributed by atoms with Crippen LogP contribution in [0.3, 0.4) is 0 Å². The fourth-order valence-electron chi connectivity index (χ4n) is 2.24. The Balaban J connectivity index is 1.65. The van der Waals surface area contributed by atoms with Crippen molar-refractivity contribution in [3.8, 4) is 0 Å². The highest BCUT2D eigenvalue weighted by molar-refractivity contribution is 7.14. The molecule has 0 radical (unpaired) electrons. The zero-order chi connectivity index (χ0) is 19.1. The highest BCUT2D eigenvalue weighted by Crippen LogP contribution is 2.17. The van der Waals surface area contributed by atoms with Gasteiger partial charge in [-0.15, -0.1) is 11.3 Å². The number of carbonyl (C=O) groups excluding carboxylic acids is 3. The molecule has 0 aliphatic heterocycles. The van der Waals surface area contributed by atoms with Gasteiger partial charge in [0.15, 0.2) is 5.78 Å². The van der Waals surface area contributed by atoms with Crippen LogP contribution < -0.4 is 10.6 Å². The zero-order valence-corrected chi connectivity index (χ0v) is 15.5. The first-order valence-corrected chi connectivity index (χ1v) is 9.09. The van der Waals surface area contributed by atoms with Gasteiger partial charge in [0, 0.05) is 36.4 Å². The highest BCUT2D eigenvalue weighted by atomic mass is 32.1. The lowest BCUT2D eigenvalue weighted by Gasteiger charge is -2.07. The van der Waals surface area contributed by atoms with Gasteiger partial charge in [-0.05, 0) is 43.7 Å². The van der Waals surface area contributed by atoms with E-state index in [2.05, 4.69) is 10.6 Å². The molecule has 0 atom stereocenters. The minimum Gasteiger partial charge on any atom is -0.354 e. The van der Waals surface area contributed by atoms with Crippen molar-refractivity contribution < 1.29 is 18.8 Å². The maximum absolute atomic E-state index is 13.4. The van der Waals surface area contributed by atoms with Crippen LogP contribution in [0.1, 0.15) is 43.3 Å². The molecule has 1 heterocycles. The van der Waals surface area contributed by atoms with Crippen LogP contribution >= 0.6 is 11.3 Å². The Morgan fingerprint density at radius 1 is 1.00 bits per heavy atom. The third-order valence-electron chi connectivity index (χ3n) is 3.76. The number of ketones is 1. The summed E-state index contributed by atoms with van der Waals surface area (Å²) in [6.07, 6.45) is 0.258. The maximum atomic E-state index is 13.4. The number of amides is 2. The molecule has 1 aromatic heterocycles. The van der Waals surface area contributed by atoms with Crippen LogP contribution in [-0.4, -0.2) is 30.7 Å². The van der Waals surface area contributed by atoms with E-state index in [9.17, 15) is 18.8 Å². The summed E-state index contributed by atoms with van der Waals surface area (Å²) in [4.78, 5) is 37.3. The van der Waals surface area contributed by atoms with Crippen LogP contribution in [0.5, 0.6) is 0 Å². The van der Waals surface area contributed by atoms with Crippen LogP contribution in [0.25, 0.3) is 0 Å². The first-order chi connectivity index (χ1) is 12.4. The average molecular weight is 376 g/mol. The first-order valence-electron chi connectivity index (χ1n) is 8.27. The number of rotatable bonds is 8. The predicted octanol–water partition coefficient (Wildman–Crippen LogP) is 3.01. The number of Topliss-reactive ketones (excluding diaryl/α,β-unsaturated/α-hetero) is 1. The Bertz CT molecular complexity index is 817. The molecule has 2 amide bonds. The van der Waals surface area contributed by atoms with Crippen LogP contribution in [0, 0.1) is 19.7 Å². The Labute approximate surface area is 155 Å². The molecule has 0 saturated heterocycles. The number of hydrogen-bond acceptors (Lipinski definition) is 4. The summed E-state index contributed by atoms with van der Waals surface area (Å²) in [5.74, 6) is -1.13. The van der Waals surface area contributed by atoms with Crippen molar-refractivity contribution in [3.05, 3.63) is 57.0 Å². The fraction of sp³-hybridized carbons (Fsp3) is 0.316. The van der Waals surface area contributed by atoms with Crippen LogP contribution in [-0.2, 0) is 4.79 Å². The normalized spacial score (nSPS) is 10.4. The maximum Gasteiger partial charge on any atom is 0.251 e. The molecule has 0 unspecified atom stereocenters. The van der Waals surface area contributed by atoms with Crippen molar-refractivity contribution in [1.82, 2.24) is 10.6 Å². The fourth-order valence-corrected chi connectivity index (χ4v) is 3.07. The topological polar surface area (TPSA) is 75.3 Å². The van der Waals surface area contributed by atoms with E-state index in [0.29, 0.717) is 10.4 Å². The van der Waals surface area contributed by atoms with Gasteiger partial charge < -0.3 is 10.6 Å². The van der Waals surface area contributed by atoms with Gasteiger partial charge in [-0.3, -0.25) is 14.4 Å². The minimum atomic E-state index is -0.434. The van der Waals surface area contributed by atoms with Gasteiger partial charge in [-0.2, -0.15) is 0 Å². The Morgan fingerprint density at radius 3 is 2.38 bits per heavy atom. The van der Waals surface area contributed by atoms with Gasteiger partial charge in [-0.25, -0.2) is 4.39 Å². The number of nitrogens with one attached hydrogen (secondary N) is 2. The molecule has 138 valence electrons. The van der Waals surface area contributed by atoms with Gasteiger partial charge >= 0.3 is 0 Å². The predicted molar refractivity (Wildman–Crippen MR) is 99.1 cm³/mol. The monoisotopic (exact) mass is 376 g/mol. The summed E-state index contributed by atoms with van der Waals surface area (Å²) < 4.78 is 13.4. The molecule has 0 bridgehead atoms. The lowest BCUT2D eigenvalue weighted by atomic mass is 10.1. The quantitative estimate of drug-likeness (QED) is 0.549. The Hall–Kier alpha value is -2.54. The van der Waals surface area contributed by atoms with Crippen molar-refractivity contribution >= 4 is 28.9 Å². The second-order valence-electron chi connectivity index (χ2n) is 5.90. The Morgan fingerprint density at radius 2 is 1.73 bits per heavy atom. The molecule has 5 nitrogen and oxygen atoms in total. The van der Waals surface area contributed by atoms with E-state index >= 15 is 0 Å². The van der Waals surface area contributed by atoms with Gasteiger partial charge in [0.25, 0.3) is 5.91 Å². The second-order valence-corrected chi connectivity index (χ2v) is 7.19. The third kappa shape index (κ3) is 5.77. The van der Waals surface area contributed by atoms with Gasteiger partial charge in [-0.1, -0.05) is 6.07 Å². The zero-order valence-electron chi connectivity index (χ0n) is 14.7. The summed E-state index contributed by atoms with van der Waals surface area (Å²) in [5.41, 5.74) is 0.706. The molecular weight excluding hydrogens is 355 g/mol. The highest BCUT2D eigenvalue weighted by Gasteiger charge is 2.11. The van der Waals surface area contributed by atoms with Crippen LogP contribution in [0.4, 0.5) is 4.39 Å². The van der Waals surface area contributed by atoms with Gasteiger partial charge in [0.1, 0.15) is 5.82 Å². The minimum absolute atomic E-state index is 0.0482. The lowest BCUT2D eigenvalue weighted by molar-refractivity contribution is -0.121. The number of thiophene rings is 1. The molecule has 2 rings (SSSR count). The molecule has 2 N–H and O–H groups in total. The first kappa shape index (κ1) is 19.8. The molecule has 0 fully saturated rings. The third-order valence-corrected chi connectivity index (χ3v) is 4.80. The van der Waals surface area contributed by atoms with E-state index in [1.807, 2.05) is 13.0 Å². The molecule has 26 heavy (non-hydrogen) atoms. The summed E-state index contributed by atoms with van der Waals surface area (Å²) >= 11 is 1.42. The van der Waals surface area contributed by atoms with E-state index in [-0.39, 0.29) is 43.2 Å². The van der Waals surface area contributed by atoms with E-state index in [1.165, 1.54) is 23.5 Å². The molecule has 1 aromatic carbocycles. The van der Waals surface area contributed by atoms with Gasteiger partial charge in [0.2, 0.25) is 5.91 Å². The molecule has 0 aliphatic rings. The van der Waals surface area contributed by atoms with E-state index in [1.54, 1.807) is 19.1 Å². The lowest BCUT2D eigenvalue weighted by Crippen LogP contribution is -2.34. The van der Waals surface area contributed by atoms with Crippen LogP contribution in [0.2, 0.25) is 0 Å². The molecule has 0 saturated carbocycles. The molecular formula is C19H21FN2O3S. The SMILES string of the molecule is Cc1ccc(C(=O)CCC(=O)NCCNC(=O)c2ccc(C)c(F)c2)s1. The van der Waals surface area contributed by atoms with Crippen molar-refractivity contribution in [1.29, 1.82) is 0 Å². The smallest absolute Gasteiger partial charge is 0.251 e. The number of carbonyl (C=O) groups is 3.